The van der Waals surface area contributed by atoms with Crippen molar-refractivity contribution in [3.8, 4) is 5.69 Å². The molecule has 1 N–H and O–H groups in total. The van der Waals surface area contributed by atoms with E-state index >= 15 is 0 Å². The number of halogens is 2. The minimum absolute atomic E-state index is 0.153. The summed E-state index contributed by atoms with van der Waals surface area (Å²) in [5.41, 5.74) is 0.892. The van der Waals surface area contributed by atoms with Gasteiger partial charge in [0.2, 0.25) is 0 Å². The Bertz CT molecular complexity index is 1480. The quantitative estimate of drug-likeness (QED) is 0.432. The van der Waals surface area contributed by atoms with E-state index in [0.29, 0.717) is 16.3 Å². The number of aromatic nitrogens is 4. The van der Waals surface area contributed by atoms with Gasteiger partial charge in [0.25, 0.3) is 11.5 Å². The lowest BCUT2D eigenvalue weighted by Gasteiger charge is -2.23. The fourth-order valence-electron chi connectivity index (χ4n) is 4.58. The maximum atomic E-state index is 14.3. The Morgan fingerprint density at radius 2 is 1.75 bits per heavy atom. The number of amides is 1. The SMILES string of the molecule is CC(C)Cn1ncc2c(N3CCCC3)c(NC(=O)c3ccc(=O)n(-c4c(F)cccc4F)n3)ccc21. The van der Waals surface area contributed by atoms with Gasteiger partial charge in [-0.1, -0.05) is 19.9 Å². The van der Waals surface area contributed by atoms with Crippen LogP contribution in [0.1, 0.15) is 37.2 Å². The Kier molecular flexibility index (Phi) is 6.26. The van der Waals surface area contributed by atoms with Crippen LogP contribution in [0.4, 0.5) is 20.2 Å². The van der Waals surface area contributed by atoms with E-state index in [1.54, 1.807) is 0 Å². The highest BCUT2D eigenvalue weighted by Gasteiger charge is 2.23. The molecule has 0 aliphatic carbocycles. The largest absolute Gasteiger partial charge is 0.369 e. The zero-order valence-corrected chi connectivity index (χ0v) is 20.0. The van der Waals surface area contributed by atoms with Crippen molar-refractivity contribution in [2.45, 2.75) is 33.2 Å². The van der Waals surface area contributed by atoms with Crippen LogP contribution in [0.25, 0.3) is 16.6 Å². The predicted octanol–water partition coefficient (Wildman–Crippen LogP) is 4.37. The monoisotopic (exact) mass is 492 g/mol. The first-order chi connectivity index (χ1) is 17.3. The van der Waals surface area contributed by atoms with Crippen LogP contribution in [0.3, 0.4) is 0 Å². The highest BCUT2D eigenvalue weighted by atomic mass is 19.1. The molecule has 0 atom stereocenters. The van der Waals surface area contributed by atoms with Gasteiger partial charge in [-0.25, -0.2) is 8.78 Å². The van der Waals surface area contributed by atoms with Gasteiger partial charge in [-0.15, -0.1) is 0 Å². The molecule has 1 aliphatic heterocycles. The molecule has 8 nitrogen and oxygen atoms in total. The minimum Gasteiger partial charge on any atom is -0.369 e. The average molecular weight is 493 g/mol. The van der Waals surface area contributed by atoms with Gasteiger partial charge in [0.05, 0.1) is 23.1 Å². The van der Waals surface area contributed by atoms with Crippen LogP contribution < -0.4 is 15.8 Å². The average Bonchev–Trinajstić information content (AvgIpc) is 3.50. The summed E-state index contributed by atoms with van der Waals surface area (Å²) in [6, 6.07) is 9.29. The molecule has 1 amide bonds. The predicted molar refractivity (Wildman–Crippen MR) is 134 cm³/mol. The Hall–Kier alpha value is -4.08. The number of nitrogens with zero attached hydrogens (tertiary/aromatic N) is 5. The minimum atomic E-state index is -0.956. The molecular weight excluding hydrogens is 466 g/mol. The van der Waals surface area contributed by atoms with E-state index < -0.39 is 28.8 Å². The Labute approximate surface area is 206 Å². The van der Waals surface area contributed by atoms with Crippen molar-refractivity contribution in [3.63, 3.8) is 0 Å². The zero-order chi connectivity index (χ0) is 25.4. The number of hydrogen-bond donors (Lipinski definition) is 1. The van der Waals surface area contributed by atoms with Crippen molar-refractivity contribution in [2.75, 3.05) is 23.3 Å². The van der Waals surface area contributed by atoms with Gasteiger partial charge in [0.1, 0.15) is 11.4 Å². The van der Waals surface area contributed by atoms with Gasteiger partial charge in [0, 0.05) is 31.1 Å². The number of anilines is 2. The number of fused-ring (bicyclic) bond motifs is 1. The van der Waals surface area contributed by atoms with Crippen LogP contribution in [-0.2, 0) is 6.54 Å². The molecule has 1 fully saturated rings. The highest BCUT2D eigenvalue weighted by molar-refractivity contribution is 6.08. The Morgan fingerprint density at radius 1 is 1.03 bits per heavy atom. The molecule has 0 spiro atoms. The van der Waals surface area contributed by atoms with Gasteiger partial charge in [-0.2, -0.15) is 14.9 Å². The maximum absolute atomic E-state index is 14.3. The van der Waals surface area contributed by atoms with E-state index in [0.717, 1.165) is 67.3 Å². The van der Waals surface area contributed by atoms with Gasteiger partial charge in [-0.05, 0) is 49.1 Å². The van der Waals surface area contributed by atoms with Crippen LogP contribution >= 0.6 is 0 Å². The molecule has 1 aliphatic rings. The molecule has 2 aromatic carbocycles. The van der Waals surface area contributed by atoms with E-state index in [-0.39, 0.29) is 5.69 Å². The third-order valence-corrected chi connectivity index (χ3v) is 6.19. The number of para-hydroxylation sites is 1. The number of benzene rings is 2. The van der Waals surface area contributed by atoms with Crippen LogP contribution in [0.2, 0.25) is 0 Å². The molecular formula is C26H26F2N6O2. The van der Waals surface area contributed by atoms with E-state index in [4.69, 9.17) is 0 Å². The number of carbonyl (C=O) groups is 1. The highest BCUT2D eigenvalue weighted by Crippen LogP contribution is 2.37. The Balaban J connectivity index is 1.54. The molecule has 3 heterocycles. The van der Waals surface area contributed by atoms with Crippen molar-refractivity contribution in [2.24, 2.45) is 5.92 Å². The summed E-state index contributed by atoms with van der Waals surface area (Å²) in [5.74, 6) is -2.09. The summed E-state index contributed by atoms with van der Waals surface area (Å²) >= 11 is 0. The second kappa shape index (κ2) is 9.52. The lowest BCUT2D eigenvalue weighted by atomic mass is 10.1. The maximum Gasteiger partial charge on any atom is 0.276 e. The second-order valence-electron chi connectivity index (χ2n) is 9.30. The molecule has 1 saturated heterocycles. The molecule has 0 radical (unpaired) electrons. The fraction of sp³-hybridized carbons (Fsp3) is 0.308. The number of rotatable bonds is 6. The topological polar surface area (TPSA) is 85.0 Å². The molecule has 5 rings (SSSR count). The van der Waals surface area contributed by atoms with Crippen LogP contribution in [-0.4, -0.2) is 38.6 Å². The summed E-state index contributed by atoms with van der Waals surface area (Å²) < 4.78 is 31.1. The van der Waals surface area contributed by atoms with E-state index in [9.17, 15) is 18.4 Å². The smallest absolute Gasteiger partial charge is 0.276 e. The first kappa shape index (κ1) is 23.7. The summed E-state index contributed by atoms with van der Waals surface area (Å²) in [6.45, 7) is 6.74. The molecule has 186 valence electrons. The molecule has 0 bridgehead atoms. The lowest BCUT2D eigenvalue weighted by molar-refractivity contribution is 0.102. The Morgan fingerprint density at radius 3 is 2.44 bits per heavy atom. The van der Waals surface area contributed by atoms with Gasteiger partial charge < -0.3 is 10.2 Å². The molecule has 4 aromatic rings. The number of hydrogen-bond acceptors (Lipinski definition) is 5. The van der Waals surface area contributed by atoms with E-state index in [1.165, 1.54) is 12.1 Å². The summed E-state index contributed by atoms with van der Waals surface area (Å²) in [7, 11) is 0. The molecule has 0 saturated carbocycles. The second-order valence-corrected chi connectivity index (χ2v) is 9.30. The van der Waals surface area contributed by atoms with Crippen molar-refractivity contribution >= 4 is 28.2 Å². The van der Waals surface area contributed by atoms with Gasteiger partial charge in [0.15, 0.2) is 11.6 Å². The van der Waals surface area contributed by atoms with E-state index in [2.05, 4.69) is 34.3 Å². The summed E-state index contributed by atoms with van der Waals surface area (Å²) in [6.07, 6.45) is 3.91. The van der Waals surface area contributed by atoms with Gasteiger partial charge in [-0.3, -0.25) is 14.3 Å². The van der Waals surface area contributed by atoms with E-state index in [1.807, 2.05) is 23.0 Å². The summed E-state index contributed by atoms with van der Waals surface area (Å²) in [4.78, 5) is 27.8. The van der Waals surface area contributed by atoms with Crippen LogP contribution in [0.15, 0.2) is 53.5 Å². The van der Waals surface area contributed by atoms with Crippen molar-refractivity contribution in [3.05, 3.63) is 76.3 Å². The lowest BCUT2D eigenvalue weighted by Crippen LogP contribution is -2.27. The normalized spacial score (nSPS) is 13.6. The molecule has 0 unspecified atom stereocenters. The number of carbonyl (C=O) groups excluding carboxylic acids is 1. The van der Waals surface area contributed by atoms with Crippen LogP contribution in [0.5, 0.6) is 0 Å². The summed E-state index contributed by atoms with van der Waals surface area (Å²) in [5, 5.41) is 12.4. The molecule has 10 heteroatoms. The third kappa shape index (κ3) is 4.34. The molecule has 36 heavy (non-hydrogen) atoms. The zero-order valence-electron chi connectivity index (χ0n) is 20.0. The standard InChI is InChI=1S/C26H26F2N6O2/c1-16(2)15-33-22-10-8-20(24(17(22)14-29-33)32-12-3-4-13-32)30-26(36)21-9-11-23(35)34(31-21)25-18(27)6-5-7-19(25)28/h5-11,14,16H,3-4,12-13,15H2,1-2H3,(H,30,36). The van der Waals surface area contributed by atoms with Crippen molar-refractivity contribution in [1.82, 2.24) is 19.6 Å². The third-order valence-electron chi connectivity index (χ3n) is 6.19. The fourth-order valence-corrected chi connectivity index (χ4v) is 4.58. The van der Waals surface area contributed by atoms with Crippen molar-refractivity contribution in [1.29, 1.82) is 0 Å². The van der Waals surface area contributed by atoms with Gasteiger partial charge >= 0.3 is 0 Å². The first-order valence-electron chi connectivity index (χ1n) is 11.9. The van der Waals surface area contributed by atoms with Crippen molar-refractivity contribution < 1.29 is 13.6 Å². The molecule has 2 aromatic heterocycles. The number of nitrogens with one attached hydrogen (secondary N) is 1. The van der Waals surface area contributed by atoms with Crippen LogP contribution in [0, 0.1) is 17.6 Å². The first-order valence-corrected chi connectivity index (χ1v) is 11.9.